The molecule has 0 aromatic heterocycles. The van der Waals surface area contributed by atoms with E-state index in [2.05, 4.69) is 6.82 Å². The average Bonchev–Trinajstić information content (AvgIpc) is 2.24. The zero-order valence-electron chi connectivity index (χ0n) is 10.0. The first-order valence-electron chi connectivity index (χ1n) is 5.59. The number of aromatic carboxylic acids is 1. The summed E-state index contributed by atoms with van der Waals surface area (Å²) in [6.45, 7) is 6.50. The molecule has 0 bridgehead atoms. The van der Waals surface area contributed by atoms with E-state index in [1.54, 1.807) is 12.1 Å². The summed E-state index contributed by atoms with van der Waals surface area (Å²) in [5.74, 6) is -0.218. The van der Waals surface area contributed by atoms with Crippen molar-refractivity contribution in [1.29, 1.82) is 0 Å². The van der Waals surface area contributed by atoms with Crippen LogP contribution in [0.25, 0.3) is 0 Å². The lowest BCUT2D eigenvalue weighted by atomic mass is 9.74. The molecule has 16 heavy (non-hydrogen) atoms. The molecule has 4 heteroatoms. The van der Waals surface area contributed by atoms with Crippen LogP contribution in [0.4, 0.5) is 0 Å². The fourth-order valence-electron chi connectivity index (χ4n) is 1.70. The summed E-state index contributed by atoms with van der Waals surface area (Å²) in [6.07, 6.45) is 0.882. The number of rotatable bonds is 5. The zero-order valence-corrected chi connectivity index (χ0v) is 10.0. The molecule has 0 aliphatic heterocycles. The molecule has 0 saturated carbocycles. The Hall–Kier alpha value is -1.45. The SMILES string of the molecule is CBCc1cc(C(=O)O)cc(OCC)c1C. The number of carboxylic acid groups (broad SMARTS) is 1. The highest BCUT2D eigenvalue weighted by molar-refractivity contribution is 6.33. The third-order valence-corrected chi connectivity index (χ3v) is 2.53. The van der Waals surface area contributed by atoms with Gasteiger partial charge in [0.25, 0.3) is 0 Å². The van der Waals surface area contributed by atoms with Gasteiger partial charge in [0.2, 0.25) is 0 Å². The van der Waals surface area contributed by atoms with Crippen molar-refractivity contribution in [2.45, 2.75) is 27.0 Å². The standard InChI is InChI=1S/C12H17BO3/c1-4-16-11-6-9(12(14)15)5-10(7-13-3)8(11)2/h5-6,13H,4,7H2,1-3H3,(H,14,15). The molecule has 0 heterocycles. The number of hydrogen-bond donors (Lipinski definition) is 1. The van der Waals surface area contributed by atoms with E-state index in [9.17, 15) is 4.79 Å². The van der Waals surface area contributed by atoms with E-state index < -0.39 is 5.97 Å². The van der Waals surface area contributed by atoms with Crippen molar-refractivity contribution >= 4 is 13.2 Å². The highest BCUT2D eigenvalue weighted by atomic mass is 16.5. The Morgan fingerprint density at radius 3 is 2.69 bits per heavy atom. The molecule has 0 fully saturated rings. The number of ether oxygens (including phenoxy) is 1. The van der Waals surface area contributed by atoms with Crippen molar-refractivity contribution in [3.63, 3.8) is 0 Å². The van der Waals surface area contributed by atoms with E-state index in [4.69, 9.17) is 9.84 Å². The van der Waals surface area contributed by atoms with E-state index in [0.29, 0.717) is 17.9 Å². The number of hydrogen-bond acceptors (Lipinski definition) is 2. The van der Waals surface area contributed by atoms with Crippen LogP contribution in [0, 0.1) is 6.92 Å². The summed E-state index contributed by atoms with van der Waals surface area (Å²) in [5.41, 5.74) is 2.41. The monoisotopic (exact) mass is 220 g/mol. The number of carboxylic acids is 1. The van der Waals surface area contributed by atoms with Crippen molar-refractivity contribution in [3.8, 4) is 5.75 Å². The van der Waals surface area contributed by atoms with Gasteiger partial charge in [0.1, 0.15) is 13.0 Å². The molecular weight excluding hydrogens is 203 g/mol. The maximum Gasteiger partial charge on any atom is 0.335 e. The predicted molar refractivity (Wildman–Crippen MR) is 66.0 cm³/mol. The summed E-state index contributed by atoms with van der Waals surface area (Å²) < 4.78 is 5.45. The summed E-state index contributed by atoms with van der Waals surface area (Å²) in [4.78, 5) is 11.0. The first-order chi connectivity index (χ1) is 7.60. The van der Waals surface area contributed by atoms with Gasteiger partial charge in [-0.1, -0.05) is 13.1 Å². The van der Waals surface area contributed by atoms with Gasteiger partial charge in [0, 0.05) is 0 Å². The van der Waals surface area contributed by atoms with Crippen molar-refractivity contribution in [2.24, 2.45) is 0 Å². The van der Waals surface area contributed by atoms with Crippen LogP contribution in [-0.4, -0.2) is 25.0 Å². The molecule has 1 aromatic rings. The molecule has 86 valence electrons. The Balaban J connectivity index is 3.21. The topological polar surface area (TPSA) is 46.5 Å². The molecular formula is C12H17BO3. The largest absolute Gasteiger partial charge is 0.494 e. The van der Waals surface area contributed by atoms with Gasteiger partial charge in [-0.3, -0.25) is 0 Å². The normalized spacial score (nSPS) is 9.94. The van der Waals surface area contributed by atoms with Gasteiger partial charge >= 0.3 is 5.97 Å². The first kappa shape index (κ1) is 12.6. The lowest BCUT2D eigenvalue weighted by Gasteiger charge is -2.12. The van der Waals surface area contributed by atoms with Crippen LogP contribution in [0.2, 0.25) is 6.82 Å². The Labute approximate surface area is 96.7 Å². The lowest BCUT2D eigenvalue weighted by Crippen LogP contribution is -2.05. The molecule has 0 atom stereocenters. The van der Waals surface area contributed by atoms with Gasteiger partial charge in [-0.25, -0.2) is 4.79 Å². The maximum atomic E-state index is 11.0. The third-order valence-electron chi connectivity index (χ3n) is 2.53. The van der Waals surface area contributed by atoms with Gasteiger partial charge in [0.05, 0.1) is 12.2 Å². The quantitative estimate of drug-likeness (QED) is 0.772. The van der Waals surface area contributed by atoms with Crippen molar-refractivity contribution < 1.29 is 14.6 Å². The van der Waals surface area contributed by atoms with Gasteiger partial charge in [-0.2, -0.15) is 0 Å². The van der Waals surface area contributed by atoms with Crippen LogP contribution in [-0.2, 0) is 6.32 Å². The zero-order chi connectivity index (χ0) is 12.1. The van der Waals surface area contributed by atoms with Crippen LogP contribution in [0.3, 0.4) is 0 Å². The van der Waals surface area contributed by atoms with Crippen LogP contribution in [0.5, 0.6) is 5.75 Å². The maximum absolute atomic E-state index is 11.0. The van der Waals surface area contributed by atoms with E-state index >= 15 is 0 Å². The highest BCUT2D eigenvalue weighted by Gasteiger charge is 2.11. The first-order valence-corrected chi connectivity index (χ1v) is 5.59. The molecule has 0 spiro atoms. The van der Waals surface area contributed by atoms with Gasteiger partial charge < -0.3 is 9.84 Å². The smallest absolute Gasteiger partial charge is 0.335 e. The molecule has 1 N–H and O–H groups in total. The van der Waals surface area contributed by atoms with Crippen LogP contribution >= 0.6 is 0 Å². The van der Waals surface area contributed by atoms with Gasteiger partial charge in [-0.15, -0.1) is 0 Å². The van der Waals surface area contributed by atoms with E-state index in [-0.39, 0.29) is 0 Å². The predicted octanol–water partition coefficient (Wildman–Crippen LogP) is 2.08. The van der Waals surface area contributed by atoms with Crippen LogP contribution in [0.1, 0.15) is 28.4 Å². The second-order valence-corrected chi connectivity index (χ2v) is 3.75. The molecule has 0 unspecified atom stereocenters. The Morgan fingerprint density at radius 2 is 2.19 bits per heavy atom. The summed E-state index contributed by atoms with van der Waals surface area (Å²) in [6, 6.07) is 3.34. The van der Waals surface area contributed by atoms with Crippen LogP contribution in [0.15, 0.2) is 12.1 Å². The summed E-state index contributed by atoms with van der Waals surface area (Å²) >= 11 is 0. The average molecular weight is 220 g/mol. The number of carbonyl (C=O) groups is 1. The van der Waals surface area contributed by atoms with Crippen molar-refractivity contribution in [1.82, 2.24) is 0 Å². The molecule has 1 aromatic carbocycles. The molecule has 0 amide bonds. The molecule has 1 rings (SSSR count). The third kappa shape index (κ3) is 2.78. The molecule has 3 nitrogen and oxygen atoms in total. The second-order valence-electron chi connectivity index (χ2n) is 3.75. The fourth-order valence-corrected chi connectivity index (χ4v) is 1.70. The minimum atomic E-state index is -0.904. The van der Waals surface area contributed by atoms with Gasteiger partial charge in [-0.05, 0) is 37.1 Å². The van der Waals surface area contributed by atoms with Crippen molar-refractivity contribution in [3.05, 3.63) is 28.8 Å². The highest BCUT2D eigenvalue weighted by Crippen LogP contribution is 2.24. The fraction of sp³-hybridized carbons (Fsp3) is 0.417. The molecule has 0 radical (unpaired) electrons. The summed E-state index contributed by atoms with van der Waals surface area (Å²) in [5, 5.41) is 9.01. The Morgan fingerprint density at radius 1 is 1.50 bits per heavy atom. The Kier molecular flexibility index (Phi) is 4.41. The molecule has 0 aliphatic rings. The molecule has 0 saturated heterocycles. The van der Waals surface area contributed by atoms with E-state index in [0.717, 1.165) is 24.7 Å². The van der Waals surface area contributed by atoms with E-state index in [1.807, 2.05) is 13.8 Å². The minimum Gasteiger partial charge on any atom is -0.494 e. The summed E-state index contributed by atoms with van der Waals surface area (Å²) in [7, 11) is 0.996. The molecule has 0 aliphatic carbocycles. The van der Waals surface area contributed by atoms with Gasteiger partial charge in [0.15, 0.2) is 0 Å². The lowest BCUT2D eigenvalue weighted by molar-refractivity contribution is 0.0696. The minimum absolute atomic E-state index is 0.303. The van der Waals surface area contributed by atoms with Crippen molar-refractivity contribution in [2.75, 3.05) is 6.61 Å². The number of benzene rings is 1. The van der Waals surface area contributed by atoms with Crippen LogP contribution < -0.4 is 4.74 Å². The Bertz CT molecular complexity index is 361. The van der Waals surface area contributed by atoms with E-state index in [1.165, 1.54) is 0 Å². The second kappa shape index (κ2) is 5.59.